The summed E-state index contributed by atoms with van der Waals surface area (Å²) in [7, 11) is -1.93. The average molecular weight is 289 g/mol. The number of nitrogens with zero attached hydrogens (tertiary/aromatic N) is 2. The Kier molecular flexibility index (Phi) is 5.97. The van der Waals surface area contributed by atoms with Crippen molar-refractivity contribution in [2.75, 3.05) is 6.54 Å². The molecule has 1 aromatic heterocycles. The van der Waals surface area contributed by atoms with Gasteiger partial charge in [-0.15, -0.1) is 0 Å². The number of rotatable bonds is 9. The topological polar surface area (TPSA) is 101 Å². The molecule has 1 heterocycles. The highest BCUT2D eigenvalue weighted by Crippen LogP contribution is 2.07. The number of nitrogens with one attached hydrogen (secondary N) is 1. The van der Waals surface area contributed by atoms with E-state index in [4.69, 9.17) is 5.11 Å². The lowest BCUT2D eigenvalue weighted by atomic mass is 10.1. The number of sulfonamides is 1. The van der Waals surface area contributed by atoms with Crippen molar-refractivity contribution in [3.05, 3.63) is 12.3 Å². The number of unbranched alkanes of at least 4 members (excludes halogenated alkanes) is 3. The summed E-state index contributed by atoms with van der Waals surface area (Å²) >= 11 is 0. The lowest BCUT2D eigenvalue weighted by Crippen LogP contribution is -2.26. The summed E-state index contributed by atoms with van der Waals surface area (Å²) in [5.74, 6) is -0.795. The van der Waals surface area contributed by atoms with Crippen molar-refractivity contribution in [2.45, 2.75) is 37.1 Å². The molecule has 0 aliphatic rings. The minimum absolute atomic E-state index is 0.137. The Hall–Kier alpha value is -1.41. The van der Waals surface area contributed by atoms with Gasteiger partial charge in [0.15, 0.2) is 5.03 Å². The molecule has 0 unspecified atom stereocenters. The van der Waals surface area contributed by atoms with Crippen LogP contribution in [0.2, 0.25) is 0 Å². The molecule has 0 fully saturated rings. The Bertz CT molecular complexity index is 510. The quantitative estimate of drug-likeness (QED) is 0.653. The van der Waals surface area contributed by atoms with Crippen molar-refractivity contribution in [1.29, 1.82) is 0 Å². The Morgan fingerprint density at radius 3 is 2.63 bits per heavy atom. The van der Waals surface area contributed by atoms with Crippen molar-refractivity contribution >= 4 is 16.0 Å². The van der Waals surface area contributed by atoms with E-state index >= 15 is 0 Å². The molecule has 1 rings (SSSR count). The Labute approximate surface area is 112 Å². The van der Waals surface area contributed by atoms with Gasteiger partial charge in [0.25, 0.3) is 10.0 Å². The maximum absolute atomic E-state index is 11.8. The van der Waals surface area contributed by atoms with Gasteiger partial charge in [0, 0.05) is 20.0 Å². The highest BCUT2D eigenvalue weighted by Gasteiger charge is 2.16. The zero-order valence-electron chi connectivity index (χ0n) is 10.9. The summed E-state index contributed by atoms with van der Waals surface area (Å²) < 4.78 is 27.5. The van der Waals surface area contributed by atoms with Crippen molar-refractivity contribution in [1.82, 2.24) is 14.5 Å². The van der Waals surface area contributed by atoms with Crippen LogP contribution in [-0.4, -0.2) is 35.8 Å². The lowest BCUT2D eigenvalue weighted by molar-refractivity contribution is -0.137. The number of aliphatic carboxylic acids is 1. The normalized spacial score (nSPS) is 11.6. The van der Waals surface area contributed by atoms with E-state index in [2.05, 4.69) is 9.82 Å². The maximum Gasteiger partial charge on any atom is 0.303 e. The molecule has 0 aliphatic carbocycles. The SMILES string of the molecule is Cn1nccc1S(=O)(=O)NCCCCCCC(=O)O. The molecule has 19 heavy (non-hydrogen) atoms. The van der Waals surface area contributed by atoms with E-state index in [1.54, 1.807) is 7.05 Å². The second-order valence-corrected chi connectivity index (χ2v) is 5.96. The van der Waals surface area contributed by atoms with Crippen LogP contribution in [0.25, 0.3) is 0 Å². The monoisotopic (exact) mass is 289 g/mol. The standard InChI is InChI=1S/C11H19N3O4S/c1-14-10(7-9-12-14)19(17,18)13-8-5-3-2-4-6-11(15)16/h7,9,13H,2-6,8H2,1H3,(H,15,16). The van der Waals surface area contributed by atoms with Gasteiger partial charge in [0.2, 0.25) is 0 Å². The van der Waals surface area contributed by atoms with Gasteiger partial charge in [-0.3, -0.25) is 9.48 Å². The van der Waals surface area contributed by atoms with Gasteiger partial charge in [-0.05, 0) is 18.9 Å². The van der Waals surface area contributed by atoms with E-state index in [0.29, 0.717) is 19.4 Å². The lowest BCUT2D eigenvalue weighted by Gasteiger charge is -2.06. The van der Waals surface area contributed by atoms with Crippen LogP contribution in [0.4, 0.5) is 0 Å². The van der Waals surface area contributed by atoms with E-state index in [9.17, 15) is 13.2 Å². The average Bonchev–Trinajstić information content (AvgIpc) is 2.74. The fraction of sp³-hybridized carbons (Fsp3) is 0.636. The number of carboxylic acid groups (broad SMARTS) is 1. The van der Waals surface area contributed by atoms with Crippen molar-refractivity contribution in [3.63, 3.8) is 0 Å². The van der Waals surface area contributed by atoms with Gasteiger partial charge in [-0.25, -0.2) is 13.1 Å². The predicted molar refractivity (Wildman–Crippen MR) is 69.1 cm³/mol. The summed E-state index contributed by atoms with van der Waals surface area (Å²) in [4.78, 5) is 10.3. The molecule has 1 aromatic rings. The molecule has 7 nitrogen and oxygen atoms in total. The number of hydrogen-bond acceptors (Lipinski definition) is 4. The fourth-order valence-electron chi connectivity index (χ4n) is 1.66. The number of hydrogen-bond donors (Lipinski definition) is 2. The van der Waals surface area contributed by atoms with Gasteiger partial charge >= 0.3 is 5.97 Å². The van der Waals surface area contributed by atoms with Gasteiger partial charge in [0.1, 0.15) is 0 Å². The molecular formula is C11H19N3O4S. The second-order valence-electron chi connectivity index (χ2n) is 4.25. The first kappa shape index (κ1) is 15.6. The van der Waals surface area contributed by atoms with E-state index in [1.807, 2.05) is 0 Å². The van der Waals surface area contributed by atoms with Crippen LogP contribution in [0.15, 0.2) is 17.3 Å². The van der Waals surface area contributed by atoms with E-state index in [1.165, 1.54) is 16.9 Å². The molecule has 108 valence electrons. The zero-order valence-corrected chi connectivity index (χ0v) is 11.7. The van der Waals surface area contributed by atoms with Crippen LogP contribution in [0.3, 0.4) is 0 Å². The summed E-state index contributed by atoms with van der Waals surface area (Å²) in [5.41, 5.74) is 0. The van der Waals surface area contributed by atoms with Crippen LogP contribution in [0, 0.1) is 0 Å². The number of aryl methyl sites for hydroxylation is 1. The Balaban J connectivity index is 2.23. The van der Waals surface area contributed by atoms with Crippen LogP contribution < -0.4 is 4.72 Å². The molecule has 0 saturated heterocycles. The van der Waals surface area contributed by atoms with Crippen LogP contribution >= 0.6 is 0 Å². The molecule has 8 heteroatoms. The van der Waals surface area contributed by atoms with Crippen LogP contribution in [0.1, 0.15) is 32.1 Å². The summed E-state index contributed by atoms with van der Waals surface area (Å²) in [6, 6.07) is 1.44. The van der Waals surface area contributed by atoms with Crippen molar-refractivity contribution in [2.24, 2.45) is 7.05 Å². The third-order valence-electron chi connectivity index (χ3n) is 2.66. The molecule has 0 aromatic carbocycles. The second kappa shape index (κ2) is 7.25. The molecule has 0 atom stereocenters. The van der Waals surface area contributed by atoms with E-state index < -0.39 is 16.0 Å². The van der Waals surface area contributed by atoms with Crippen LogP contribution in [-0.2, 0) is 21.9 Å². The molecule has 0 saturated carbocycles. The summed E-state index contributed by atoms with van der Waals surface area (Å²) in [5, 5.41) is 12.4. The van der Waals surface area contributed by atoms with E-state index in [-0.39, 0.29) is 11.4 Å². The summed E-state index contributed by atoms with van der Waals surface area (Å²) in [6.45, 7) is 0.348. The van der Waals surface area contributed by atoms with Gasteiger partial charge in [0.05, 0.1) is 6.20 Å². The van der Waals surface area contributed by atoms with Crippen molar-refractivity contribution < 1.29 is 18.3 Å². The minimum atomic E-state index is -3.50. The van der Waals surface area contributed by atoms with Crippen molar-refractivity contribution in [3.8, 4) is 0 Å². The molecular weight excluding hydrogens is 270 g/mol. The highest BCUT2D eigenvalue weighted by molar-refractivity contribution is 7.89. The molecule has 0 bridgehead atoms. The third-order valence-corrected chi connectivity index (χ3v) is 4.20. The number of aromatic nitrogens is 2. The van der Waals surface area contributed by atoms with Gasteiger partial charge in [-0.2, -0.15) is 5.10 Å². The largest absolute Gasteiger partial charge is 0.481 e. The van der Waals surface area contributed by atoms with Gasteiger partial charge < -0.3 is 5.11 Å². The summed E-state index contributed by atoms with van der Waals surface area (Å²) in [6.07, 6.45) is 4.52. The smallest absolute Gasteiger partial charge is 0.303 e. The Morgan fingerprint density at radius 1 is 1.37 bits per heavy atom. The highest BCUT2D eigenvalue weighted by atomic mass is 32.2. The molecule has 2 N–H and O–H groups in total. The predicted octanol–water partition coefficient (Wildman–Crippen LogP) is 0.733. The molecule has 0 aliphatic heterocycles. The third kappa shape index (κ3) is 5.39. The van der Waals surface area contributed by atoms with E-state index in [0.717, 1.165) is 12.8 Å². The molecule has 0 radical (unpaired) electrons. The first-order valence-electron chi connectivity index (χ1n) is 6.13. The minimum Gasteiger partial charge on any atom is -0.481 e. The zero-order chi connectivity index (χ0) is 14.3. The first-order valence-corrected chi connectivity index (χ1v) is 7.61. The van der Waals surface area contributed by atoms with Crippen LogP contribution in [0.5, 0.6) is 0 Å². The first-order chi connectivity index (χ1) is 8.93. The Morgan fingerprint density at radius 2 is 2.05 bits per heavy atom. The molecule has 0 spiro atoms. The van der Waals surface area contributed by atoms with Gasteiger partial charge in [-0.1, -0.05) is 12.8 Å². The fourth-order valence-corrected chi connectivity index (χ4v) is 2.86. The number of carbonyl (C=O) groups is 1. The maximum atomic E-state index is 11.8. The molecule has 0 amide bonds. The number of carboxylic acids is 1.